The zero-order valence-corrected chi connectivity index (χ0v) is 7.78. The van der Waals surface area contributed by atoms with E-state index in [1.165, 1.54) is 0 Å². The third-order valence-corrected chi connectivity index (χ3v) is 2.72. The van der Waals surface area contributed by atoms with Crippen LogP contribution in [0.1, 0.15) is 27.2 Å². The summed E-state index contributed by atoms with van der Waals surface area (Å²) in [4.78, 5) is 0. The van der Waals surface area contributed by atoms with Gasteiger partial charge in [-0.1, -0.05) is 6.92 Å². The summed E-state index contributed by atoms with van der Waals surface area (Å²) in [5.74, 6) is -0.0999. The number of aliphatic hydroxyl groups excluding tert-OH is 1. The highest BCUT2D eigenvalue weighted by molar-refractivity contribution is 4.96. The van der Waals surface area contributed by atoms with Gasteiger partial charge < -0.3 is 14.6 Å². The Morgan fingerprint density at radius 3 is 2.42 bits per heavy atom. The number of ether oxygens (including phenoxy) is 2. The van der Waals surface area contributed by atoms with Crippen molar-refractivity contribution in [1.29, 1.82) is 0 Å². The number of hydrogen-bond donors (Lipinski definition) is 1. The summed E-state index contributed by atoms with van der Waals surface area (Å²) in [5, 5.41) is 9.60. The van der Waals surface area contributed by atoms with Crippen LogP contribution in [0, 0.1) is 5.92 Å². The minimum Gasteiger partial charge on any atom is -0.390 e. The van der Waals surface area contributed by atoms with Crippen LogP contribution in [0.2, 0.25) is 0 Å². The molecule has 0 amide bonds. The van der Waals surface area contributed by atoms with Gasteiger partial charge in [0.1, 0.15) is 6.10 Å². The Balaban J connectivity index is 2.15. The van der Waals surface area contributed by atoms with Crippen LogP contribution >= 0.6 is 0 Å². The molecule has 1 heterocycles. The molecule has 0 aromatic rings. The first-order chi connectivity index (χ1) is 5.49. The van der Waals surface area contributed by atoms with Gasteiger partial charge in [-0.3, -0.25) is 0 Å². The fraction of sp³-hybridized carbons (Fsp3) is 1.00. The van der Waals surface area contributed by atoms with E-state index in [0.717, 1.165) is 6.42 Å². The lowest BCUT2D eigenvalue weighted by Gasteiger charge is -2.20. The van der Waals surface area contributed by atoms with E-state index in [-0.39, 0.29) is 18.3 Å². The molecule has 1 saturated heterocycles. The molecule has 70 valence electrons. The molecule has 0 aromatic heterocycles. The van der Waals surface area contributed by atoms with Crippen molar-refractivity contribution in [2.75, 3.05) is 0 Å². The Morgan fingerprint density at radius 2 is 1.83 bits per heavy atom. The first-order valence-electron chi connectivity index (χ1n) is 4.53. The third-order valence-electron chi connectivity index (χ3n) is 2.72. The van der Waals surface area contributed by atoms with Crippen molar-refractivity contribution in [3.8, 4) is 0 Å². The van der Waals surface area contributed by atoms with Crippen molar-refractivity contribution < 1.29 is 14.6 Å². The molecule has 0 radical (unpaired) electrons. The molecule has 0 aromatic carbocycles. The summed E-state index contributed by atoms with van der Waals surface area (Å²) in [7, 11) is 0. The molecule has 2 aliphatic rings. The van der Waals surface area contributed by atoms with Crippen molar-refractivity contribution >= 4 is 0 Å². The molecule has 2 fully saturated rings. The molecule has 12 heavy (non-hydrogen) atoms. The van der Waals surface area contributed by atoms with Crippen LogP contribution in [-0.4, -0.2) is 29.2 Å². The van der Waals surface area contributed by atoms with Gasteiger partial charge >= 0.3 is 0 Å². The van der Waals surface area contributed by atoms with E-state index in [4.69, 9.17) is 9.47 Å². The van der Waals surface area contributed by atoms with Gasteiger partial charge in [0.05, 0.1) is 12.2 Å². The van der Waals surface area contributed by atoms with Gasteiger partial charge in [-0.15, -0.1) is 0 Å². The van der Waals surface area contributed by atoms with Crippen LogP contribution < -0.4 is 0 Å². The summed E-state index contributed by atoms with van der Waals surface area (Å²) >= 11 is 0. The van der Waals surface area contributed by atoms with Gasteiger partial charge in [0.15, 0.2) is 5.79 Å². The smallest absolute Gasteiger partial charge is 0.163 e. The lowest BCUT2D eigenvalue weighted by atomic mass is 10.1. The summed E-state index contributed by atoms with van der Waals surface area (Å²) in [6.07, 6.45) is 0.447. The van der Waals surface area contributed by atoms with Crippen molar-refractivity contribution in [1.82, 2.24) is 0 Å². The number of fused-ring (bicyclic) bond motifs is 1. The molecule has 3 heteroatoms. The second kappa shape index (κ2) is 2.44. The lowest BCUT2D eigenvalue weighted by Crippen LogP contribution is -2.28. The molecule has 3 nitrogen and oxygen atoms in total. The van der Waals surface area contributed by atoms with Gasteiger partial charge in [-0.05, 0) is 26.2 Å². The number of hydrogen-bond acceptors (Lipinski definition) is 3. The van der Waals surface area contributed by atoms with E-state index in [1.54, 1.807) is 0 Å². The van der Waals surface area contributed by atoms with Gasteiger partial charge in [0, 0.05) is 0 Å². The van der Waals surface area contributed by atoms with Gasteiger partial charge in [-0.2, -0.15) is 0 Å². The van der Waals surface area contributed by atoms with Gasteiger partial charge in [0.25, 0.3) is 0 Å². The summed E-state index contributed by atoms with van der Waals surface area (Å²) in [6.45, 7) is 5.88. The SMILES string of the molecule is C[C@H]1C[C@@H](O)[C@@H]2OC(C)(C)O[C@@H]21. The Kier molecular flexibility index (Phi) is 1.72. The normalized spacial score (nSPS) is 51.0. The molecule has 1 N–H and O–H groups in total. The van der Waals surface area contributed by atoms with Crippen molar-refractivity contribution in [3.05, 3.63) is 0 Å². The number of aliphatic hydroxyl groups is 1. The highest BCUT2D eigenvalue weighted by atomic mass is 16.8. The molecule has 0 unspecified atom stereocenters. The summed E-state index contributed by atoms with van der Waals surface area (Å²) in [5.41, 5.74) is 0. The molecule has 4 atom stereocenters. The van der Waals surface area contributed by atoms with Crippen molar-refractivity contribution in [3.63, 3.8) is 0 Å². The topological polar surface area (TPSA) is 38.7 Å². The van der Waals surface area contributed by atoms with E-state index >= 15 is 0 Å². The Morgan fingerprint density at radius 1 is 1.25 bits per heavy atom. The molecular formula is C9H16O3. The minimum atomic E-state index is -0.509. The average molecular weight is 172 g/mol. The maximum absolute atomic E-state index is 9.60. The van der Waals surface area contributed by atoms with Crippen LogP contribution in [0.4, 0.5) is 0 Å². The second-order valence-corrected chi connectivity index (χ2v) is 4.35. The van der Waals surface area contributed by atoms with E-state index in [0.29, 0.717) is 5.92 Å². The van der Waals surface area contributed by atoms with Crippen LogP contribution in [0.3, 0.4) is 0 Å². The number of rotatable bonds is 0. The average Bonchev–Trinajstić information content (AvgIpc) is 2.34. The predicted octanol–water partition coefficient (Wildman–Crippen LogP) is 0.907. The maximum atomic E-state index is 9.60. The third kappa shape index (κ3) is 1.16. The molecular weight excluding hydrogens is 156 g/mol. The van der Waals surface area contributed by atoms with Gasteiger partial charge in [0.2, 0.25) is 0 Å². The molecule has 0 spiro atoms. The van der Waals surface area contributed by atoms with Crippen molar-refractivity contribution in [2.45, 2.75) is 51.3 Å². The summed E-state index contributed by atoms with van der Waals surface area (Å²) < 4.78 is 11.3. The van der Waals surface area contributed by atoms with Crippen molar-refractivity contribution in [2.24, 2.45) is 5.92 Å². The van der Waals surface area contributed by atoms with Gasteiger partial charge in [-0.25, -0.2) is 0 Å². The summed E-state index contributed by atoms with van der Waals surface area (Å²) in [6, 6.07) is 0. The fourth-order valence-electron chi connectivity index (χ4n) is 2.20. The first kappa shape index (κ1) is 8.48. The lowest BCUT2D eigenvalue weighted by molar-refractivity contribution is -0.165. The Bertz CT molecular complexity index is 172. The molecule has 0 bridgehead atoms. The highest BCUT2D eigenvalue weighted by Gasteiger charge is 2.51. The quantitative estimate of drug-likeness (QED) is 0.590. The first-order valence-corrected chi connectivity index (χ1v) is 4.53. The Hall–Kier alpha value is -0.120. The minimum absolute atomic E-state index is 0.0926. The van der Waals surface area contributed by atoms with Crippen LogP contribution in [0.5, 0.6) is 0 Å². The zero-order chi connectivity index (χ0) is 8.93. The largest absolute Gasteiger partial charge is 0.390 e. The van der Waals surface area contributed by atoms with Crippen LogP contribution in [0.15, 0.2) is 0 Å². The zero-order valence-electron chi connectivity index (χ0n) is 7.78. The predicted molar refractivity (Wildman–Crippen MR) is 43.6 cm³/mol. The molecule has 2 rings (SSSR count). The van der Waals surface area contributed by atoms with E-state index in [2.05, 4.69) is 6.92 Å². The Labute approximate surface area is 72.7 Å². The van der Waals surface area contributed by atoms with E-state index < -0.39 is 5.79 Å². The van der Waals surface area contributed by atoms with Crippen LogP contribution in [-0.2, 0) is 9.47 Å². The second-order valence-electron chi connectivity index (χ2n) is 4.35. The van der Waals surface area contributed by atoms with E-state index in [1.807, 2.05) is 13.8 Å². The van der Waals surface area contributed by atoms with E-state index in [9.17, 15) is 5.11 Å². The standard InChI is InChI=1S/C9H16O3/c1-5-4-6(10)8-7(5)11-9(2,3)12-8/h5-8,10H,4H2,1-3H3/t5-,6+,7+,8-/m0/s1. The highest BCUT2D eigenvalue weighted by Crippen LogP contribution is 2.41. The molecule has 1 saturated carbocycles. The fourth-order valence-corrected chi connectivity index (χ4v) is 2.20. The molecule has 1 aliphatic carbocycles. The van der Waals surface area contributed by atoms with Crippen LogP contribution in [0.25, 0.3) is 0 Å². The maximum Gasteiger partial charge on any atom is 0.163 e. The monoisotopic (exact) mass is 172 g/mol. The molecule has 1 aliphatic heterocycles.